The zero-order chi connectivity index (χ0) is 28.2. The summed E-state index contributed by atoms with van der Waals surface area (Å²) in [6, 6.07) is 11.6. The number of hydrogen-bond acceptors (Lipinski definition) is 6. The first kappa shape index (κ1) is 29.1. The van der Waals surface area contributed by atoms with E-state index in [2.05, 4.69) is 33.6 Å². The summed E-state index contributed by atoms with van der Waals surface area (Å²) in [4.78, 5) is 29.5. The number of carbonyl (C=O) groups excluding carboxylic acids is 2. The second kappa shape index (κ2) is 13.1. The molecule has 3 aliphatic rings. The number of ketones is 2. The third-order valence-corrected chi connectivity index (χ3v) is 8.79. The van der Waals surface area contributed by atoms with Gasteiger partial charge in [0.15, 0.2) is 23.1 Å². The maximum atomic E-state index is 13.6. The van der Waals surface area contributed by atoms with E-state index in [-0.39, 0.29) is 17.5 Å². The summed E-state index contributed by atoms with van der Waals surface area (Å²) in [7, 11) is 1.70. The SMILES string of the molecule is CCOc1cc(C2C3=C(CCCC3=O)N(CCCOC)C3=C2C(=O)CCC3)cc(I)c1OCc1cccc(Cl)c1. The highest BCUT2D eigenvalue weighted by Gasteiger charge is 2.43. The van der Waals surface area contributed by atoms with Gasteiger partial charge in [0.1, 0.15) is 6.61 Å². The summed E-state index contributed by atoms with van der Waals surface area (Å²) in [5.74, 6) is 1.16. The molecule has 1 aliphatic heterocycles. The Hall–Kier alpha value is -2.36. The fraction of sp³-hybridized carbons (Fsp3) is 0.438. The normalized spacial score (nSPS) is 17.8. The second-order valence-electron chi connectivity index (χ2n) is 10.4. The van der Waals surface area contributed by atoms with Crippen molar-refractivity contribution in [3.63, 3.8) is 0 Å². The first-order valence-corrected chi connectivity index (χ1v) is 15.5. The molecule has 0 fully saturated rings. The topological polar surface area (TPSA) is 65.1 Å². The van der Waals surface area contributed by atoms with E-state index >= 15 is 0 Å². The van der Waals surface area contributed by atoms with Crippen LogP contribution in [0.4, 0.5) is 0 Å². The molecule has 0 radical (unpaired) electrons. The highest BCUT2D eigenvalue weighted by Crippen LogP contribution is 2.50. The molecule has 2 aliphatic carbocycles. The van der Waals surface area contributed by atoms with E-state index in [0.29, 0.717) is 49.2 Å². The van der Waals surface area contributed by atoms with E-state index in [1.54, 1.807) is 7.11 Å². The third kappa shape index (κ3) is 5.97. The zero-order valence-electron chi connectivity index (χ0n) is 23.1. The molecule has 0 atom stereocenters. The Morgan fingerprint density at radius 1 is 0.975 bits per heavy atom. The lowest BCUT2D eigenvalue weighted by molar-refractivity contribution is -0.117. The van der Waals surface area contributed by atoms with Crippen LogP contribution in [0.25, 0.3) is 0 Å². The number of methoxy groups -OCH3 is 1. The van der Waals surface area contributed by atoms with Gasteiger partial charge in [-0.2, -0.15) is 0 Å². The lowest BCUT2D eigenvalue weighted by atomic mass is 9.71. The summed E-state index contributed by atoms with van der Waals surface area (Å²) in [5.41, 5.74) is 5.60. The van der Waals surface area contributed by atoms with Gasteiger partial charge in [-0.15, -0.1) is 0 Å². The van der Waals surface area contributed by atoms with E-state index in [9.17, 15) is 9.59 Å². The molecule has 5 rings (SSSR count). The molecule has 2 aromatic carbocycles. The van der Waals surface area contributed by atoms with Crippen LogP contribution in [0.1, 0.15) is 68.9 Å². The summed E-state index contributed by atoms with van der Waals surface area (Å²) < 4.78 is 18.6. The van der Waals surface area contributed by atoms with Gasteiger partial charge in [0.2, 0.25) is 0 Å². The quantitative estimate of drug-likeness (QED) is 0.194. The molecular formula is C32H35ClINO5. The van der Waals surface area contributed by atoms with Crippen LogP contribution in [-0.2, 0) is 20.9 Å². The lowest BCUT2D eigenvalue weighted by Gasteiger charge is -2.44. The standard InChI is InChI=1S/C32H35ClINO5/c1-3-39-28-18-21(17-23(34)32(28)40-19-20-8-4-9-22(33)16-20)29-30-24(10-5-12-26(30)36)35(14-7-15-38-2)25-11-6-13-27(37)31(25)29/h4,8-9,16-18,29H,3,5-7,10-15,19H2,1-2H3. The molecule has 0 aromatic heterocycles. The van der Waals surface area contributed by atoms with Gasteiger partial charge in [-0.25, -0.2) is 0 Å². The molecule has 0 amide bonds. The van der Waals surface area contributed by atoms with Gasteiger partial charge in [-0.05, 0) is 97.0 Å². The maximum Gasteiger partial charge on any atom is 0.174 e. The molecule has 8 heteroatoms. The predicted octanol–water partition coefficient (Wildman–Crippen LogP) is 7.37. The van der Waals surface area contributed by atoms with Gasteiger partial charge in [0.05, 0.1) is 10.2 Å². The molecule has 40 heavy (non-hydrogen) atoms. The van der Waals surface area contributed by atoms with Crippen molar-refractivity contribution >= 4 is 45.8 Å². The highest BCUT2D eigenvalue weighted by atomic mass is 127. The van der Waals surface area contributed by atoms with Crippen molar-refractivity contribution in [1.82, 2.24) is 4.90 Å². The van der Waals surface area contributed by atoms with Gasteiger partial charge in [-0.3, -0.25) is 9.59 Å². The summed E-state index contributed by atoms with van der Waals surface area (Å²) in [6.07, 6.45) is 5.20. The number of rotatable bonds is 10. The number of hydrogen-bond donors (Lipinski definition) is 0. The van der Waals surface area contributed by atoms with Gasteiger partial charge in [0.25, 0.3) is 0 Å². The molecule has 0 bridgehead atoms. The molecule has 0 saturated carbocycles. The Labute approximate surface area is 254 Å². The Kier molecular flexibility index (Phi) is 9.53. The summed E-state index contributed by atoms with van der Waals surface area (Å²) in [5, 5.41) is 0.659. The average Bonchev–Trinajstić information content (AvgIpc) is 2.93. The second-order valence-corrected chi connectivity index (χ2v) is 12.0. The molecule has 212 valence electrons. The number of benzene rings is 2. The number of ether oxygens (including phenoxy) is 3. The van der Waals surface area contributed by atoms with E-state index in [0.717, 1.165) is 75.9 Å². The van der Waals surface area contributed by atoms with Gasteiger partial charge >= 0.3 is 0 Å². The largest absolute Gasteiger partial charge is 0.490 e. The van der Waals surface area contributed by atoms with Crippen molar-refractivity contribution in [2.75, 3.05) is 26.9 Å². The minimum atomic E-state index is -0.390. The highest BCUT2D eigenvalue weighted by molar-refractivity contribution is 14.1. The molecule has 0 saturated heterocycles. The molecule has 0 N–H and O–H groups in total. The molecule has 2 aromatic rings. The molecule has 6 nitrogen and oxygen atoms in total. The first-order valence-electron chi connectivity index (χ1n) is 14.0. The number of carbonyl (C=O) groups is 2. The molecule has 0 spiro atoms. The van der Waals surface area contributed by atoms with Crippen LogP contribution in [0.15, 0.2) is 58.9 Å². The van der Waals surface area contributed by atoms with Gasteiger partial charge < -0.3 is 19.1 Å². The van der Waals surface area contributed by atoms with E-state index < -0.39 is 0 Å². The lowest BCUT2D eigenvalue weighted by Crippen LogP contribution is -2.39. The Morgan fingerprint density at radius 3 is 2.30 bits per heavy atom. The van der Waals surface area contributed by atoms with Crippen LogP contribution >= 0.6 is 34.2 Å². The van der Waals surface area contributed by atoms with Crippen LogP contribution in [0.3, 0.4) is 0 Å². The van der Waals surface area contributed by atoms with E-state index in [1.165, 1.54) is 0 Å². The van der Waals surface area contributed by atoms with Crippen molar-refractivity contribution in [2.45, 2.75) is 64.4 Å². The fourth-order valence-electron chi connectivity index (χ4n) is 6.13. The maximum absolute atomic E-state index is 13.6. The van der Waals surface area contributed by atoms with Gasteiger partial charge in [-0.1, -0.05) is 23.7 Å². The fourth-order valence-corrected chi connectivity index (χ4v) is 7.12. The monoisotopic (exact) mass is 675 g/mol. The van der Waals surface area contributed by atoms with Crippen LogP contribution in [0, 0.1) is 3.57 Å². The van der Waals surface area contributed by atoms with Crippen LogP contribution in [-0.4, -0.2) is 43.3 Å². The number of nitrogens with zero attached hydrogens (tertiary/aromatic N) is 1. The predicted molar refractivity (Wildman–Crippen MR) is 164 cm³/mol. The molecule has 1 heterocycles. The molecule has 0 unspecified atom stereocenters. The summed E-state index contributed by atoms with van der Waals surface area (Å²) >= 11 is 8.44. The van der Waals surface area contributed by atoms with E-state index in [1.807, 2.05) is 37.3 Å². The Balaban J connectivity index is 1.59. The average molecular weight is 676 g/mol. The third-order valence-electron chi connectivity index (χ3n) is 7.75. The van der Waals surface area contributed by atoms with Crippen molar-refractivity contribution in [1.29, 1.82) is 0 Å². The van der Waals surface area contributed by atoms with Crippen molar-refractivity contribution < 1.29 is 23.8 Å². The Bertz CT molecular complexity index is 1320. The van der Waals surface area contributed by atoms with Gasteiger partial charge in [0, 0.05) is 66.6 Å². The van der Waals surface area contributed by atoms with Crippen molar-refractivity contribution in [2.24, 2.45) is 0 Å². The number of Topliss-reactive ketones (excluding diaryl/α,β-unsaturated/α-hetero) is 2. The molecular weight excluding hydrogens is 641 g/mol. The first-order chi connectivity index (χ1) is 19.4. The smallest absolute Gasteiger partial charge is 0.174 e. The van der Waals surface area contributed by atoms with Crippen LogP contribution in [0.5, 0.6) is 11.5 Å². The minimum absolute atomic E-state index is 0.141. The number of halogens is 2. The number of allylic oxidation sites excluding steroid dienone is 4. The van der Waals surface area contributed by atoms with Crippen LogP contribution in [0.2, 0.25) is 5.02 Å². The van der Waals surface area contributed by atoms with Crippen molar-refractivity contribution in [3.05, 3.63) is 78.7 Å². The van der Waals surface area contributed by atoms with Crippen molar-refractivity contribution in [3.8, 4) is 11.5 Å². The summed E-state index contributed by atoms with van der Waals surface area (Å²) in [6.45, 7) is 4.13. The Morgan fingerprint density at radius 2 is 1.68 bits per heavy atom. The van der Waals surface area contributed by atoms with Crippen LogP contribution < -0.4 is 9.47 Å². The minimum Gasteiger partial charge on any atom is -0.490 e. The van der Waals surface area contributed by atoms with E-state index in [4.69, 9.17) is 25.8 Å². The zero-order valence-corrected chi connectivity index (χ0v) is 26.0.